The van der Waals surface area contributed by atoms with Gasteiger partial charge >= 0.3 is 0 Å². The first kappa shape index (κ1) is 23.6. The Hall–Kier alpha value is -2.58. The highest BCUT2D eigenvalue weighted by molar-refractivity contribution is 7.89. The Balaban J connectivity index is 1.55. The number of hydrogen-bond acceptors (Lipinski definition) is 5. The first-order chi connectivity index (χ1) is 15.9. The first-order valence-corrected chi connectivity index (χ1v) is 13.1. The van der Waals surface area contributed by atoms with Gasteiger partial charge in [0.1, 0.15) is 0 Å². The van der Waals surface area contributed by atoms with Crippen LogP contribution < -0.4 is 14.8 Å². The number of benzene rings is 2. The lowest BCUT2D eigenvalue weighted by atomic mass is 10.1. The summed E-state index contributed by atoms with van der Waals surface area (Å²) in [7, 11) is -2.03. The van der Waals surface area contributed by atoms with Crippen molar-refractivity contribution in [1.29, 1.82) is 0 Å². The van der Waals surface area contributed by atoms with Gasteiger partial charge in [0, 0.05) is 30.4 Å². The molecule has 178 valence electrons. The van der Waals surface area contributed by atoms with Crippen LogP contribution in [0.2, 0.25) is 0 Å². The molecule has 1 heterocycles. The second-order valence-corrected chi connectivity index (χ2v) is 10.7. The Kier molecular flexibility index (Phi) is 7.24. The van der Waals surface area contributed by atoms with Gasteiger partial charge in [-0.05, 0) is 75.3 Å². The van der Waals surface area contributed by atoms with Crippen molar-refractivity contribution in [3.63, 3.8) is 0 Å². The maximum absolute atomic E-state index is 13.1. The summed E-state index contributed by atoms with van der Waals surface area (Å²) in [5.41, 5.74) is 1.61. The zero-order chi connectivity index (χ0) is 23.4. The fourth-order valence-corrected chi connectivity index (χ4v) is 6.04. The smallest absolute Gasteiger partial charge is 0.255 e. The lowest BCUT2D eigenvalue weighted by Crippen LogP contribution is -2.35. The summed E-state index contributed by atoms with van der Waals surface area (Å²) in [5, 5.41) is 2.89. The van der Waals surface area contributed by atoms with E-state index in [2.05, 4.69) is 5.32 Å². The minimum atomic E-state index is -3.62. The lowest BCUT2D eigenvalue weighted by molar-refractivity contribution is 0.102. The molecule has 1 saturated heterocycles. The number of ether oxygens (including phenoxy) is 2. The zero-order valence-electron chi connectivity index (χ0n) is 19.3. The lowest BCUT2D eigenvalue weighted by Gasteiger charge is -2.26. The number of amides is 1. The summed E-state index contributed by atoms with van der Waals surface area (Å²) < 4.78 is 39.2. The largest absolute Gasteiger partial charge is 0.493 e. The van der Waals surface area contributed by atoms with Crippen molar-refractivity contribution in [3.8, 4) is 11.5 Å². The number of piperidine rings is 1. The summed E-state index contributed by atoms with van der Waals surface area (Å²) in [4.78, 5) is 13.3. The van der Waals surface area contributed by atoms with Gasteiger partial charge in [0.05, 0.1) is 18.1 Å². The molecular formula is C25H32N2O5S. The van der Waals surface area contributed by atoms with Gasteiger partial charge in [-0.2, -0.15) is 4.31 Å². The van der Waals surface area contributed by atoms with E-state index in [9.17, 15) is 13.2 Å². The fraction of sp³-hybridized carbons (Fsp3) is 0.480. The predicted molar refractivity (Wildman–Crippen MR) is 128 cm³/mol. The van der Waals surface area contributed by atoms with Crippen molar-refractivity contribution in [3.05, 3.63) is 47.5 Å². The van der Waals surface area contributed by atoms with E-state index in [1.807, 2.05) is 0 Å². The molecule has 0 radical (unpaired) electrons. The van der Waals surface area contributed by atoms with Crippen LogP contribution in [0.4, 0.5) is 5.69 Å². The second kappa shape index (κ2) is 10.1. The normalized spacial score (nSPS) is 17.6. The summed E-state index contributed by atoms with van der Waals surface area (Å²) >= 11 is 0. The molecule has 0 atom stereocenters. The standard InChI is InChI=1S/C25H32N2O5S/c1-18-10-12-21(33(29,30)27-14-6-3-7-15-27)17-22(18)25(28)26-19-11-13-23(31-2)24(16-19)32-20-8-4-5-9-20/h10-13,16-17,20H,3-9,14-15H2,1-2H3,(H,26,28). The molecule has 1 aliphatic heterocycles. The van der Waals surface area contributed by atoms with Crippen molar-refractivity contribution in [2.75, 3.05) is 25.5 Å². The number of carbonyl (C=O) groups excluding carboxylic acids is 1. The third-order valence-corrected chi connectivity index (χ3v) is 8.32. The number of sulfonamides is 1. The number of nitrogens with zero attached hydrogens (tertiary/aromatic N) is 1. The first-order valence-electron chi connectivity index (χ1n) is 11.7. The number of aryl methyl sites for hydroxylation is 1. The summed E-state index contributed by atoms with van der Waals surface area (Å²) in [6, 6.07) is 10.0. The molecule has 1 saturated carbocycles. The molecule has 7 nitrogen and oxygen atoms in total. The van der Waals surface area contributed by atoms with Gasteiger partial charge in [-0.15, -0.1) is 0 Å². The van der Waals surface area contributed by atoms with Crippen molar-refractivity contribution in [2.45, 2.75) is 62.9 Å². The third-order valence-electron chi connectivity index (χ3n) is 6.42. The molecular weight excluding hydrogens is 440 g/mol. The number of methoxy groups -OCH3 is 1. The van der Waals surface area contributed by atoms with Gasteiger partial charge in [0.15, 0.2) is 11.5 Å². The highest BCUT2D eigenvalue weighted by Crippen LogP contribution is 2.34. The minimum absolute atomic E-state index is 0.153. The Morgan fingerprint density at radius 1 is 0.970 bits per heavy atom. The van der Waals surface area contributed by atoms with Crippen LogP contribution in [-0.4, -0.2) is 44.9 Å². The van der Waals surface area contributed by atoms with Crippen LogP contribution in [0, 0.1) is 6.92 Å². The average molecular weight is 473 g/mol. The van der Waals surface area contributed by atoms with Gasteiger partial charge in [-0.3, -0.25) is 4.79 Å². The van der Waals surface area contributed by atoms with Crippen molar-refractivity contribution in [1.82, 2.24) is 4.31 Å². The molecule has 4 rings (SSSR count). The Morgan fingerprint density at radius 2 is 1.70 bits per heavy atom. The minimum Gasteiger partial charge on any atom is -0.493 e. The van der Waals surface area contributed by atoms with Crippen LogP contribution in [0.3, 0.4) is 0 Å². The van der Waals surface area contributed by atoms with E-state index in [0.717, 1.165) is 44.9 Å². The monoisotopic (exact) mass is 472 g/mol. The van der Waals surface area contributed by atoms with Crippen LogP contribution in [0.5, 0.6) is 11.5 Å². The van der Waals surface area contributed by atoms with E-state index in [0.29, 0.717) is 41.4 Å². The van der Waals surface area contributed by atoms with E-state index in [-0.39, 0.29) is 16.9 Å². The Labute approximate surface area is 196 Å². The predicted octanol–water partition coefficient (Wildman–Crippen LogP) is 4.75. The Bertz CT molecular complexity index is 1100. The highest BCUT2D eigenvalue weighted by Gasteiger charge is 2.27. The molecule has 2 aromatic carbocycles. The Morgan fingerprint density at radius 3 is 2.39 bits per heavy atom. The van der Waals surface area contributed by atoms with Gasteiger partial charge in [-0.1, -0.05) is 12.5 Å². The number of anilines is 1. The molecule has 2 aliphatic rings. The molecule has 8 heteroatoms. The fourth-order valence-electron chi connectivity index (χ4n) is 4.49. The van der Waals surface area contributed by atoms with Crippen LogP contribution in [-0.2, 0) is 10.0 Å². The van der Waals surface area contributed by atoms with Gasteiger partial charge in [0.2, 0.25) is 10.0 Å². The van der Waals surface area contributed by atoms with Crippen LogP contribution in [0.15, 0.2) is 41.3 Å². The maximum Gasteiger partial charge on any atom is 0.255 e. The molecule has 0 unspecified atom stereocenters. The van der Waals surface area contributed by atoms with Gasteiger partial charge in [-0.25, -0.2) is 8.42 Å². The molecule has 1 N–H and O–H groups in total. The van der Waals surface area contributed by atoms with E-state index in [4.69, 9.17) is 9.47 Å². The molecule has 1 aliphatic carbocycles. The van der Waals surface area contributed by atoms with E-state index in [1.54, 1.807) is 44.4 Å². The van der Waals surface area contributed by atoms with Crippen LogP contribution >= 0.6 is 0 Å². The summed E-state index contributed by atoms with van der Waals surface area (Å²) in [5.74, 6) is 0.853. The second-order valence-electron chi connectivity index (χ2n) is 8.79. The molecule has 2 aromatic rings. The van der Waals surface area contributed by atoms with Gasteiger partial charge < -0.3 is 14.8 Å². The molecule has 0 bridgehead atoms. The van der Waals surface area contributed by atoms with Gasteiger partial charge in [0.25, 0.3) is 5.91 Å². The van der Waals surface area contributed by atoms with Crippen molar-refractivity contribution >= 4 is 21.6 Å². The van der Waals surface area contributed by atoms with E-state index < -0.39 is 10.0 Å². The molecule has 0 aromatic heterocycles. The third kappa shape index (κ3) is 5.33. The van der Waals surface area contributed by atoms with Crippen molar-refractivity contribution < 1.29 is 22.7 Å². The number of nitrogens with one attached hydrogen (secondary N) is 1. The van der Waals surface area contributed by atoms with E-state index in [1.165, 1.54) is 10.4 Å². The number of hydrogen-bond donors (Lipinski definition) is 1. The van der Waals surface area contributed by atoms with Crippen LogP contribution in [0.1, 0.15) is 60.9 Å². The molecule has 33 heavy (non-hydrogen) atoms. The van der Waals surface area contributed by atoms with E-state index >= 15 is 0 Å². The topological polar surface area (TPSA) is 84.9 Å². The number of carbonyl (C=O) groups is 1. The summed E-state index contributed by atoms with van der Waals surface area (Å²) in [6.45, 7) is 2.84. The quantitative estimate of drug-likeness (QED) is 0.628. The molecule has 2 fully saturated rings. The molecule has 1 amide bonds. The van der Waals surface area contributed by atoms with Crippen molar-refractivity contribution in [2.24, 2.45) is 0 Å². The summed E-state index contributed by atoms with van der Waals surface area (Å²) in [6.07, 6.45) is 7.25. The number of rotatable bonds is 7. The molecule has 0 spiro atoms. The van der Waals surface area contributed by atoms with Crippen LogP contribution in [0.25, 0.3) is 0 Å². The average Bonchev–Trinajstić information content (AvgIpc) is 3.33. The highest BCUT2D eigenvalue weighted by atomic mass is 32.2. The maximum atomic E-state index is 13.1. The zero-order valence-corrected chi connectivity index (χ0v) is 20.1. The SMILES string of the molecule is COc1ccc(NC(=O)c2cc(S(=O)(=O)N3CCCCC3)ccc2C)cc1OC1CCCC1.